The molecule has 0 saturated carbocycles. The predicted octanol–water partition coefficient (Wildman–Crippen LogP) is 6.37. The van der Waals surface area contributed by atoms with Gasteiger partial charge in [0.1, 0.15) is 0 Å². The van der Waals surface area contributed by atoms with Gasteiger partial charge in [0, 0.05) is 48.1 Å². The minimum absolute atomic E-state index is 0.0860. The summed E-state index contributed by atoms with van der Waals surface area (Å²) >= 11 is 12.6. The van der Waals surface area contributed by atoms with Crippen molar-refractivity contribution in [2.45, 2.75) is 46.3 Å². The van der Waals surface area contributed by atoms with Crippen LogP contribution in [0.25, 0.3) is 0 Å². The van der Waals surface area contributed by atoms with E-state index in [1.165, 1.54) is 0 Å². The number of hydrogen-bond acceptors (Lipinski definition) is 4. The number of carbonyl (C=O) groups is 1. The predicted molar refractivity (Wildman–Crippen MR) is 160 cm³/mol. The lowest BCUT2D eigenvalue weighted by atomic mass is 9.96. The van der Waals surface area contributed by atoms with E-state index in [4.69, 9.17) is 23.8 Å². The van der Waals surface area contributed by atoms with Gasteiger partial charge in [0.15, 0.2) is 5.11 Å². The first-order valence-electron chi connectivity index (χ1n) is 12.9. The van der Waals surface area contributed by atoms with Crippen molar-refractivity contribution in [1.82, 2.24) is 19.9 Å². The van der Waals surface area contributed by atoms with Gasteiger partial charge in [-0.05, 0) is 79.7 Å². The first kappa shape index (κ1) is 26.8. The van der Waals surface area contributed by atoms with E-state index in [0.29, 0.717) is 15.8 Å². The summed E-state index contributed by atoms with van der Waals surface area (Å²) in [5, 5.41) is 7.46. The van der Waals surface area contributed by atoms with Gasteiger partial charge in [-0.15, -0.1) is 0 Å². The van der Waals surface area contributed by atoms with Gasteiger partial charge < -0.3 is 20.1 Å². The number of aryl methyl sites for hydroxylation is 1. The van der Waals surface area contributed by atoms with E-state index >= 15 is 0 Å². The summed E-state index contributed by atoms with van der Waals surface area (Å²) in [5.74, 6) is -0.237. The number of nitrogens with one attached hydrogen (secondary N) is 2. The van der Waals surface area contributed by atoms with Crippen LogP contribution < -0.4 is 15.5 Å². The Hall–Kier alpha value is -3.75. The highest BCUT2D eigenvalue weighted by molar-refractivity contribution is 7.80. The smallest absolute Gasteiger partial charge is 0.226 e. The second-order valence-corrected chi connectivity index (χ2v) is 10.9. The van der Waals surface area contributed by atoms with Crippen LogP contribution >= 0.6 is 23.8 Å². The number of anilines is 2. The van der Waals surface area contributed by atoms with Crippen molar-refractivity contribution in [3.05, 3.63) is 106 Å². The number of rotatable bonds is 7. The molecule has 0 spiro atoms. The first-order valence-corrected chi connectivity index (χ1v) is 13.7. The minimum atomic E-state index is -0.176. The highest BCUT2D eigenvalue weighted by Crippen LogP contribution is 2.44. The fourth-order valence-corrected chi connectivity index (χ4v) is 5.59. The molecule has 0 radical (unpaired) electrons. The standard InChI is InChI=1S/C30H31ClN6OS/c1-18(2)29(38)34-25-11-10-22(15-24(25)31)37-28(27(35-30(37)39)26-9-5-6-13-33-26)23-14-19(3)36(20(23)4)17-21-8-7-12-32-16-21/h5-16,18,27-28H,17H2,1-4H3,(H,34,38)(H,35,39)/t27-,28-/m1/s1. The summed E-state index contributed by atoms with van der Waals surface area (Å²) in [5.41, 5.74) is 6.88. The molecule has 7 nitrogen and oxygen atoms in total. The van der Waals surface area contributed by atoms with E-state index in [-0.39, 0.29) is 23.9 Å². The monoisotopic (exact) mass is 558 g/mol. The van der Waals surface area contributed by atoms with Crippen LogP contribution in [0.1, 0.15) is 54.1 Å². The molecule has 0 bridgehead atoms. The number of hydrogen-bond donors (Lipinski definition) is 2. The van der Waals surface area contributed by atoms with E-state index in [9.17, 15) is 4.79 Å². The molecule has 5 rings (SSSR count). The summed E-state index contributed by atoms with van der Waals surface area (Å²) in [6.07, 6.45) is 5.49. The van der Waals surface area contributed by atoms with Crippen LogP contribution in [0, 0.1) is 19.8 Å². The fraction of sp³-hybridized carbons (Fsp3) is 0.267. The van der Waals surface area contributed by atoms with Crippen LogP contribution in [0.3, 0.4) is 0 Å². The van der Waals surface area contributed by atoms with Crippen molar-refractivity contribution >= 4 is 46.2 Å². The van der Waals surface area contributed by atoms with Crippen molar-refractivity contribution in [2.75, 3.05) is 10.2 Å². The molecule has 2 N–H and O–H groups in total. The Kier molecular flexibility index (Phi) is 7.68. The third-order valence-electron chi connectivity index (χ3n) is 7.11. The van der Waals surface area contributed by atoms with E-state index in [1.54, 1.807) is 12.4 Å². The van der Waals surface area contributed by atoms with Crippen molar-refractivity contribution < 1.29 is 4.79 Å². The highest BCUT2D eigenvalue weighted by atomic mass is 35.5. The molecular formula is C30H31ClN6OS. The van der Waals surface area contributed by atoms with Crippen LogP contribution in [0.2, 0.25) is 5.02 Å². The molecule has 4 heterocycles. The number of carbonyl (C=O) groups excluding carboxylic acids is 1. The third kappa shape index (κ3) is 5.40. The first-order chi connectivity index (χ1) is 18.7. The summed E-state index contributed by atoms with van der Waals surface area (Å²) in [7, 11) is 0. The number of benzene rings is 1. The Morgan fingerprint density at radius 3 is 2.62 bits per heavy atom. The van der Waals surface area contributed by atoms with Gasteiger partial charge in [0.2, 0.25) is 5.91 Å². The number of amides is 1. The Bertz CT molecular complexity index is 1500. The molecule has 1 aliphatic heterocycles. The number of thiocarbonyl (C=S) groups is 1. The van der Waals surface area contributed by atoms with E-state index in [2.05, 4.69) is 56.0 Å². The van der Waals surface area contributed by atoms with Gasteiger partial charge in [-0.1, -0.05) is 37.6 Å². The third-order valence-corrected chi connectivity index (χ3v) is 7.73. The van der Waals surface area contributed by atoms with Gasteiger partial charge in [-0.3, -0.25) is 14.8 Å². The molecule has 39 heavy (non-hydrogen) atoms. The molecule has 200 valence electrons. The molecule has 1 amide bonds. The maximum Gasteiger partial charge on any atom is 0.226 e. The quantitative estimate of drug-likeness (QED) is 0.257. The lowest BCUT2D eigenvalue weighted by molar-refractivity contribution is -0.118. The zero-order valence-electron chi connectivity index (χ0n) is 22.4. The van der Waals surface area contributed by atoms with Gasteiger partial charge in [0.05, 0.1) is 28.5 Å². The van der Waals surface area contributed by atoms with Crippen molar-refractivity contribution in [2.24, 2.45) is 5.92 Å². The number of halogens is 1. The summed E-state index contributed by atoms with van der Waals surface area (Å²) < 4.78 is 2.30. The molecule has 2 atom stereocenters. The van der Waals surface area contributed by atoms with E-state index in [0.717, 1.165) is 40.4 Å². The minimum Gasteiger partial charge on any atom is -0.351 e. The molecule has 0 unspecified atom stereocenters. The van der Waals surface area contributed by atoms with Gasteiger partial charge in [0.25, 0.3) is 0 Å². The second-order valence-electron chi connectivity index (χ2n) is 10.1. The average Bonchev–Trinajstić information content (AvgIpc) is 3.41. The Morgan fingerprint density at radius 1 is 1.13 bits per heavy atom. The molecule has 9 heteroatoms. The van der Waals surface area contributed by atoms with Crippen LogP contribution in [-0.4, -0.2) is 25.6 Å². The van der Waals surface area contributed by atoms with Crippen LogP contribution in [0.15, 0.2) is 73.2 Å². The maximum atomic E-state index is 12.3. The second kappa shape index (κ2) is 11.2. The fourth-order valence-electron chi connectivity index (χ4n) is 5.03. The van der Waals surface area contributed by atoms with E-state index in [1.807, 2.05) is 62.5 Å². The van der Waals surface area contributed by atoms with Crippen LogP contribution in [-0.2, 0) is 11.3 Å². The Morgan fingerprint density at radius 2 is 1.95 bits per heavy atom. The zero-order valence-corrected chi connectivity index (χ0v) is 23.9. The summed E-state index contributed by atoms with van der Waals surface area (Å²) in [4.78, 5) is 23.3. The molecule has 1 aliphatic rings. The summed E-state index contributed by atoms with van der Waals surface area (Å²) in [6, 6.07) is 17.5. The van der Waals surface area contributed by atoms with Crippen molar-refractivity contribution in [3.63, 3.8) is 0 Å². The van der Waals surface area contributed by atoms with Crippen LogP contribution in [0.4, 0.5) is 11.4 Å². The SMILES string of the molecule is Cc1cc([C@@H]2[C@@H](c3ccccn3)NC(=S)N2c2ccc(NC(=O)C(C)C)c(Cl)c2)c(C)n1Cc1cccnc1. The topological polar surface area (TPSA) is 75.1 Å². The lowest BCUT2D eigenvalue weighted by Crippen LogP contribution is -2.29. The van der Waals surface area contributed by atoms with Gasteiger partial charge in [-0.25, -0.2) is 0 Å². The molecule has 4 aromatic rings. The molecule has 1 saturated heterocycles. The zero-order chi connectivity index (χ0) is 27.7. The number of pyridine rings is 2. The van der Waals surface area contributed by atoms with E-state index < -0.39 is 0 Å². The van der Waals surface area contributed by atoms with Crippen molar-refractivity contribution in [3.8, 4) is 0 Å². The largest absolute Gasteiger partial charge is 0.351 e. The number of nitrogens with zero attached hydrogens (tertiary/aromatic N) is 4. The normalized spacial score (nSPS) is 17.0. The molecule has 0 aliphatic carbocycles. The molecular weight excluding hydrogens is 528 g/mol. The molecule has 1 fully saturated rings. The Balaban J connectivity index is 1.57. The average molecular weight is 559 g/mol. The maximum absolute atomic E-state index is 12.3. The molecule has 3 aromatic heterocycles. The Labute approximate surface area is 239 Å². The molecule has 1 aromatic carbocycles. The van der Waals surface area contributed by atoms with Crippen molar-refractivity contribution in [1.29, 1.82) is 0 Å². The highest BCUT2D eigenvalue weighted by Gasteiger charge is 2.42. The van der Waals surface area contributed by atoms with Gasteiger partial charge >= 0.3 is 0 Å². The number of aromatic nitrogens is 3. The lowest BCUT2D eigenvalue weighted by Gasteiger charge is -2.28. The van der Waals surface area contributed by atoms with Crippen LogP contribution in [0.5, 0.6) is 0 Å². The summed E-state index contributed by atoms with van der Waals surface area (Å²) in [6.45, 7) is 8.68. The van der Waals surface area contributed by atoms with Gasteiger partial charge in [-0.2, -0.15) is 0 Å².